The van der Waals surface area contributed by atoms with E-state index in [1.54, 1.807) is 6.08 Å². The fraction of sp³-hybridized carbons (Fsp3) is 0.818. The first-order chi connectivity index (χ1) is 7.06. The summed E-state index contributed by atoms with van der Waals surface area (Å²) >= 11 is 0. The summed E-state index contributed by atoms with van der Waals surface area (Å²) in [7, 11) is -3.92. The molecule has 15 heavy (non-hydrogen) atoms. The molecule has 0 aliphatic heterocycles. The maximum absolute atomic E-state index is 10.4. The molecule has 4 heteroatoms. The van der Waals surface area contributed by atoms with Gasteiger partial charge in [0, 0.05) is 5.82 Å². The SMILES string of the molecule is CCCCCCCCCC=CP(=O)(O)O. The average Bonchev–Trinajstić information content (AvgIpc) is 2.14. The monoisotopic (exact) mass is 234 g/mol. The largest absolute Gasteiger partial charge is 0.348 e. The molecule has 0 radical (unpaired) electrons. The number of hydrogen-bond donors (Lipinski definition) is 2. The third kappa shape index (κ3) is 13.9. The first-order valence-electron chi connectivity index (χ1n) is 5.79. The molecule has 0 rings (SSSR count). The Morgan fingerprint density at radius 2 is 1.53 bits per heavy atom. The van der Waals surface area contributed by atoms with Gasteiger partial charge in [-0.25, -0.2) is 0 Å². The Morgan fingerprint density at radius 1 is 1.00 bits per heavy atom. The predicted molar refractivity (Wildman–Crippen MR) is 63.8 cm³/mol. The van der Waals surface area contributed by atoms with Gasteiger partial charge < -0.3 is 9.79 Å². The highest BCUT2D eigenvalue weighted by molar-refractivity contribution is 7.55. The minimum atomic E-state index is -3.92. The summed E-state index contributed by atoms with van der Waals surface area (Å²) in [6, 6.07) is 0. The molecule has 0 bridgehead atoms. The van der Waals surface area contributed by atoms with E-state index < -0.39 is 7.60 Å². The van der Waals surface area contributed by atoms with E-state index in [0.29, 0.717) is 0 Å². The van der Waals surface area contributed by atoms with E-state index >= 15 is 0 Å². The lowest BCUT2D eigenvalue weighted by molar-refractivity contribution is 0.386. The van der Waals surface area contributed by atoms with Crippen molar-refractivity contribution in [3.63, 3.8) is 0 Å². The lowest BCUT2D eigenvalue weighted by atomic mass is 10.1. The van der Waals surface area contributed by atoms with Gasteiger partial charge in [-0.1, -0.05) is 51.5 Å². The summed E-state index contributed by atoms with van der Waals surface area (Å²) in [6.45, 7) is 2.20. The van der Waals surface area contributed by atoms with Crippen LogP contribution in [0.25, 0.3) is 0 Å². The van der Waals surface area contributed by atoms with Crippen molar-refractivity contribution in [1.29, 1.82) is 0 Å². The van der Waals surface area contributed by atoms with E-state index in [2.05, 4.69) is 6.92 Å². The van der Waals surface area contributed by atoms with Crippen molar-refractivity contribution in [3.8, 4) is 0 Å². The van der Waals surface area contributed by atoms with Crippen molar-refractivity contribution in [2.75, 3.05) is 0 Å². The number of allylic oxidation sites excluding steroid dienone is 1. The minimum Gasteiger partial charge on any atom is -0.321 e. The highest BCUT2D eigenvalue weighted by atomic mass is 31.2. The van der Waals surface area contributed by atoms with Crippen LogP contribution in [0.3, 0.4) is 0 Å². The van der Waals surface area contributed by atoms with E-state index in [9.17, 15) is 4.57 Å². The second kappa shape index (κ2) is 9.14. The van der Waals surface area contributed by atoms with E-state index in [0.717, 1.165) is 25.1 Å². The fourth-order valence-corrected chi connectivity index (χ4v) is 1.85. The molecule has 0 aromatic rings. The lowest BCUT2D eigenvalue weighted by Crippen LogP contribution is -1.79. The van der Waals surface area contributed by atoms with Gasteiger partial charge in [-0.05, 0) is 12.8 Å². The van der Waals surface area contributed by atoms with E-state index in [1.807, 2.05) is 0 Å². The van der Waals surface area contributed by atoms with Gasteiger partial charge >= 0.3 is 7.60 Å². The molecule has 0 unspecified atom stereocenters. The maximum Gasteiger partial charge on any atom is 0.348 e. The van der Waals surface area contributed by atoms with Crippen LogP contribution in [0.1, 0.15) is 58.3 Å². The molecule has 0 atom stereocenters. The molecule has 2 N–H and O–H groups in total. The molecule has 0 aromatic carbocycles. The zero-order chi connectivity index (χ0) is 11.6. The Balaban J connectivity index is 3.18. The van der Waals surface area contributed by atoms with Gasteiger partial charge in [0.25, 0.3) is 0 Å². The number of unbranched alkanes of at least 4 members (excludes halogenated alkanes) is 7. The Morgan fingerprint density at radius 3 is 2.07 bits per heavy atom. The van der Waals surface area contributed by atoms with Crippen LogP contribution in [-0.4, -0.2) is 9.79 Å². The highest BCUT2D eigenvalue weighted by Crippen LogP contribution is 2.36. The molecule has 0 saturated heterocycles. The smallest absolute Gasteiger partial charge is 0.321 e. The summed E-state index contributed by atoms with van der Waals surface area (Å²) in [5.41, 5.74) is 0. The van der Waals surface area contributed by atoms with Gasteiger partial charge in [0.1, 0.15) is 0 Å². The van der Waals surface area contributed by atoms with Crippen LogP contribution in [0.15, 0.2) is 11.9 Å². The fourth-order valence-electron chi connectivity index (χ4n) is 1.43. The van der Waals surface area contributed by atoms with Crippen molar-refractivity contribution in [2.45, 2.75) is 58.3 Å². The quantitative estimate of drug-likeness (QED) is 0.471. The Labute approximate surface area is 92.8 Å². The molecule has 90 valence electrons. The van der Waals surface area contributed by atoms with Crippen molar-refractivity contribution in [1.82, 2.24) is 0 Å². The van der Waals surface area contributed by atoms with Crippen LogP contribution < -0.4 is 0 Å². The first-order valence-corrected chi connectivity index (χ1v) is 7.47. The maximum atomic E-state index is 10.4. The van der Waals surface area contributed by atoms with Crippen LogP contribution in [0.5, 0.6) is 0 Å². The van der Waals surface area contributed by atoms with Crippen LogP contribution in [0.4, 0.5) is 0 Å². The average molecular weight is 234 g/mol. The zero-order valence-corrected chi connectivity index (χ0v) is 10.5. The summed E-state index contributed by atoms with van der Waals surface area (Å²) < 4.78 is 10.4. The van der Waals surface area contributed by atoms with Crippen molar-refractivity contribution in [2.24, 2.45) is 0 Å². The van der Waals surface area contributed by atoms with Gasteiger partial charge in [-0.15, -0.1) is 0 Å². The third-order valence-corrected chi connectivity index (χ3v) is 2.87. The molecular weight excluding hydrogens is 211 g/mol. The van der Waals surface area contributed by atoms with Gasteiger partial charge in [0.05, 0.1) is 0 Å². The van der Waals surface area contributed by atoms with Crippen LogP contribution in [0.2, 0.25) is 0 Å². The molecule has 0 spiro atoms. The lowest BCUT2D eigenvalue weighted by Gasteiger charge is -1.99. The summed E-state index contributed by atoms with van der Waals surface area (Å²) in [5.74, 6) is 1.00. The topological polar surface area (TPSA) is 57.5 Å². The molecule has 3 nitrogen and oxygen atoms in total. The molecule has 0 saturated carbocycles. The summed E-state index contributed by atoms with van der Waals surface area (Å²) in [4.78, 5) is 17.1. The predicted octanol–water partition coefficient (Wildman–Crippen LogP) is 3.82. The molecule has 0 aliphatic rings. The van der Waals surface area contributed by atoms with E-state index in [-0.39, 0.29) is 0 Å². The van der Waals surface area contributed by atoms with Crippen molar-refractivity contribution >= 4 is 7.60 Å². The van der Waals surface area contributed by atoms with Crippen molar-refractivity contribution < 1.29 is 14.4 Å². The van der Waals surface area contributed by atoms with Gasteiger partial charge in [0.15, 0.2) is 0 Å². The Kier molecular flexibility index (Phi) is 9.07. The number of rotatable bonds is 9. The first kappa shape index (κ1) is 14.9. The molecule has 0 heterocycles. The third-order valence-electron chi connectivity index (χ3n) is 2.27. The highest BCUT2D eigenvalue weighted by Gasteiger charge is 2.03. The zero-order valence-electron chi connectivity index (χ0n) is 9.56. The molecule has 0 amide bonds. The van der Waals surface area contributed by atoms with Crippen molar-refractivity contribution in [3.05, 3.63) is 11.9 Å². The second-order valence-electron chi connectivity index (χ2n) is 3.88. The Hall–Kier alpha value is -0.110. The summed E-state index contributed by atoms with van der Waals surface area (Å²) in [6.07, 6.45) is 11.0. The molecule has 0 aromatic heterocycles. The normalized spacial score (nSPS) is 12.5. The van der Waals surface area contributed by atoms with Gasteiger partial charge in [-0.2, -0.15) is 0 Å². The second-order valence-corrected chi connectivity index (χ2v) is 5.36. The van der Waals surface area contributed by atoms with Crippen LogP contribution in [0, 0.1) is 0 Å². The standard InChI is InChI=1S/C11H23O3P/c1-2-3-4-5-6-7-8-9-10-11-15(12,13)14/h10-11H,2-9H2,1H3,(H2,12,13,14). The van der Waals surface area contributed by atoms with Gasteiger partial charge in [0.2, 0.25) is 0 Å². The minimum absolute atomic E-state index is 0.777. The number of hydrogen-bond acceptors (Lipinski definition) is 1. The summed E-state index contributed by atoms with van der Waals surface area (Å²) in [5, 5.41) is 0. The van der Waals surface area contributed by atoms with Crippen LogP contribution >= 0.6 is 7.60 Å². The molecule has 0 aliphatic carbocycles. The molecular formula is C11H23O3P. The molecule has 0 fully saturated rings. The Bertz CT molecular complexity index is 208. The van der Waals surface area contributed by atoms with E-state index in [1.165, 1.54) is 32.1 Å². The van der Waals surface area contributed by atoms with Gasteiger partial charge in [-0.3, -0.25) is 4.57 Å². The van der Waals surface area contributed by atoms with E-state index in [4.69, 9.17) is 9.79 Å². The van der Waals surface area contributed by atoms with Crippen LogP contribution in [-0.2, 0) is 4.57 Å².